The number of anilines is 2. The van der Waals surface area contributed by atoms with E-state index in [1.165, 1.54) is 18.2 Å². The highest BCUT2D eigenvalue weighted by Crippen LogP contribution is 2.24. The molecule has 0 unspecified atom stereocenters. The van der Waals surface area contributed by atoms with Crippen molar-refractivity contribution < 1.29 is 14.5 Å². The van der Waals surface area contributed by atoms with Crippen LogP contribution in [-0.2, 0) is 9.59 Å². The molecule has 0 atom stereocenters. The van der Waals surface area contributed by atoms with E-state index < -0.39 is 4.92 Å². The van der Waals surface area contributed by atoms with Gasteiger partial charge in [-0.3, -0.25) is 19.7 Å². The molecule has 132 valence electrons. The van der Waals surface area contributed by atoms with E-state index in [9.17, 15) is 19.7 Å². The molecule has 1 aliphatic heterocycles. The second-order valence-corrected chi connectivity index (χ2v) is 5.87. The lowest BCUT2D eigenvalue weighted by atomic mass is 10.2. The Morgan fingerprint density at radius 1 is 1.19 bits per heavy atom. The number of benzene rings is 2. The van der Waals surface area contributed by atoms with Crippen LogP contribution in [0, 0.1) is 10.1 Å². The van der Waals surface area contributed by atoms with Crippen LogP contribution in [0.2, 0.25) is 0 Å². The highest BCUT2D eigenvalue weighted by molar-refractivity contribution is 6.02. The molecule has 1 fully saturated rings. The van der Waals surface area contributed by atoms with Gasteiger partial charge in [0.1, 0.15) is 0 Å². The molecule has 1 N–H and O–H groups in total. The number of rotatable bonds is 5. The van der Waals surface area contributed by atoms with Crippen LogP contribution in [0.15, 0.2) is 54.6 Å². The monoisotopic (exact) mass is 351 g/mol. The first kappa shape index (κ1) is 17.3. The zero-order valence-electron chi connectivity index (χ0n) is 13.9. The van der Waals surface area contributed by atoms with Crippen molar-refractivity contribution in [3.8, 4) is 0 Å². The normalized spacial score (nSPS) is 14.0. The van der Waals surface area contributed by atoms with Crippen LogP contribution < -0.4 is 10.2 Å². The molecule has 1 aliphatic rings. The SMILES string of the molecule is O=C(/C=C/c1ccc([N+](=O)[O-])cc1)Nc1cccc(N2CCCC2=O)c1. The number of nitro groups is 1. The molecule has 2 aromatic carbocycles. The van der Waals surface area contributed by atoms with E-state index in [1.54, 1.807) is 41.3 Å². The first-order valence-electron chi connectivity index (χ1n) is 8.17. The molecule has 7 nitrogen and oxygen atoms in total. The summed E-state index contributed by atoms with van der Waals surface area (Å²) in [6, 6.07) is 13.1. The third kappa shape index (κ3) is 4.13. The highest BCUT2D eigenvalue weighted by atomic mass is 16.6. The Balaban J connectivity index is 1.64. The molecule has 0 radical (unpaired) electrons. The topological polar surface area (TPSA) is 92.5 Å². The third-order valence-corrected chi connectivity index (χ3v) is 4.03. The van der Waals surface area contributed by atoms with Gasteiger partial charge in [-0.25, -0.2) is 0 Å². The average Bonchev–Trinajstić information content (AvgIpc) is 3.06. The molecule has 2 amide bonds. The summed E-state index contributed by atoms with van der Waals surface area (Å²) >= 11 is 0. The number of amides is 2. The minimum absolute atomic E-state index is 0.000114. The number of hydrogen-bond donors (Lipinski definition) is 1. The van der Waals surface area contributed by atoms with Crippen LogP contribution in [0.3, 0.4) is 0 Å². The lowest BCUT2D eigenvalue weighted by Crippen LogP contribution is -2.23. The Bertz CT molecular complexity index is 875. The fourth-order valence-electron chi connectivity index (χ4n) is 2.74. The summed E-state index contributed by atoms with van der Waals surface area (Å²) in [5.74, 6) is -0.236. The van der Waals surface area contributed by atoms with Gasteiger partial charge in [0.05, 0.1) is 4.92 Å². The van der Waals surface area contributed by atoms with Gasteiger partial charge in [0.25, 0.3) is 5.69 Å². The standard InChI is InChI=1S/C19H17N3O4/c23-18(11-8-14-6-9-16(10-7-14)22(25)26)20-15-3-1-4-17(13-15)21-12-2-5-19(21)24/h1,3-4,6-11,13H,2,5,12H2,(H,20,23)/b11-8+. The number of carbonyl (C=O) groups excluding carboxylic acids is 2. The Morgan fingerprint density at radius 3 is 2.62 bits per heavy atom. The fraction of sp³-hybridized carbons (Fsp3) is 0.158. The van der Waals surface area contributed by atoms with Crippen LogP contribution in [0.1, 0.15) is 18.4 Å². The summed E-state index contributed by atoms with van der Waals surface area (Å²) in [5.41, 5.74) is 2.05. The predicted octanol–water partition coefficient (Wildman–Crippen LogP) is 3.37. The fourth-order valence-corrected chi connectivity index (χ4v) is 2.74. The first-order chi connectivity index (χ1) is 12.5. The van der Waals surface area contributed by atoms with Crippen molar-refractivity contribution in [2.45, 2.75) is 12.8 Å². The molecule has 7 heteroatoms. The van der Waals surface area contributed by atoms with Gasteiger partial charge in [-0.15, -0.1) is 0 Å². The molecule has 0 saturated carbocycles. The summed E-state index contributed by atoms with van der Waals surface area (Å²) in [6.45, 7) is 0.691. The van der Waals surface area contributed by atoms with Gasteiger partial charge < -0.3 is 10.2 Å². The Kier molecular flexibility index (Phi) is 5.07. The summed E-state index contributed by atoms with van der Waals surface area (Å²) in [7, 11) is 0. The number of nitro benzene ring substituents is 1. The molecule has 0 aromatic heterocycles. The Labute approximate surface area is 150 Å². The molecule has 0 bridgehead atoms. The van der Waals surface area contributed by atoms with Gasteiger partial charge in [-0.2, -0.15) is 0 Å². The molecular formula is C19H17N3O4. The minimum atomic E-state index is -0.474. The van der Waals surface area contributed by atoms with Gasteiger partial charge in [-0.1, -0.05) is 6.07 Å². The van der Waals surface area contributed by atoms with E-state index in [1.807, 2.05) is 6.07 Å². The molecular weight excluding hydrogens is 334 g/mol. The van der Waals surface area contributed by atoms with E-state index in [4.69, 9.17) is 0 Å². The maximum Gasteiger partial charge on any atom is 0.269 e. The number of hydrogen-bond acceptors (Lipinski definition) is 4. The first-order valence-corrected chi connectivity index (χ1v) is 8.17. The zero-order chi connectivity index (χ0) is 18.5. The summed E-state index contributed by atoms with van der Waals surface area (Å²) in [4.78, 5) is 35.8. The van der Waals surface area contributed by atoms with Gasteiger partial charge in [0, 0.05) is 42.5 Å². The summed E-state index contributed by atoms with van der Waals surface area (Å²) < 4.78 is 0. The van der Waals surface area contributed by atoms with E-state index in [0.29, 0.717) is 24.2 Å². The van der Waals surface area contributed by atoms with Crippen molar-refractivity contribution in [2.75, 3.05) is 16.8 Å². The van der Waals surface area contributed by atoms with Crippen molar-refractivity contribution in [1.82, 2.24) is 0 Å². The molecule has 3 rings (SSSR count). The summed E-state index contributed by atoms with van der Waals surface area (Å²) in [5, 5.41) is 13.4. The maximum atomic E-state index is 12.1. The van der Waals surface area contributed by atoms with E-state index in [-0.39, 0.29) is 17.5 Å². The molecule has 1 saturated heterocycles. The number of non-ortho nitro benzene ring substituents is 1. The van der Waals surface area contributed by atoms with Crippen LogP contribution in [0.25, 0.3) is 6.08 Å². The van der Waals surface area contributed by atoms with Crippen molar-refractivity contribution >= 4 is 35.0 Å². The second-order valence-electron chi connectivity index (χ2n) is 5.87. The van der Waals surface area contributed by atoms with Crippen LogP contribution in [-0.4, -0.2) is 23.3 Å². The van der Waals surface area contributed by atoms with Crippen LogP contribution in [0.5, 0.6) is 0 Å². The van der Waals surface area contributed by atoms with Gasteiger partial charge in [-0.05, 0) is 48.4 Å². The van der Waals surface area contributed by atoms with Gasteiger partial charge in [0.15, 0.2) is 0 Å². The van der Waals surface area contributed by atoms with E-state index in [0.717, 1.165) is 12.1 Å². The van der Waals surface area contributed by atoms with Crippen molar-refractivity contribution in [1.29, 1.82) is 0 Å². The number of nitrogens with zero attached hydrogens (tertiary/aromatic N) is 2. The van der Waals surface area contributed by atoms with Crippen molar-refractivity contribution in [3.05, 3.63) is 70.3 Å². The highest BCUT2D eigenvalue weighted by Gasteiger charge is 2.21. The average molecular weight is 351 g/mol. The van der Waals surface area contributed by atoms with Gasteiger partial charge >= 0.3 is 0 Å². The van der Waals surface area contributed by atoms with Crippen LogP contribution in [0.4, 0.5) is 17.1 Å². The quantitative estimate of drug-likeness (QED) is 0.508. The van der Waals surface area contributed by atoms with Crippen molar-refractivity contribution in [2.24, 2.45) is 0 Å². The lowest BCUT2D eigenvalue weighted by Gasteiger charge is -2.16. The van der Waals surface area contributed by atoms with Gasteiger partial charge in [0.2, 0.25) is 11.8 Å². The molecule has 0 spiro atoms. The number of carbonyl (C=O) groups is 2. The molecule has 2 aromatic rings. The predicted molar refractivity (Wildman–Crippen MR) is 98.8 cm³/mol. The minimum Gasteiger partial charge on any atom is -0.322 e. The Hall–Kier alpha value is -3.48. The second kappa shape index (κ2) is 7.60. The maximum absolute atomic E-state index is 12.1. The smallest absolute Gasteiger partial charge is 0.269 e. The molecule has 1 heterocycles. The van der Waals surface area contributed by atoms with E-state index >= 15 is 0 Å². The third-order valence-electron chi connectivity index (χ3n) is 4.03. The molecule has 0 aliphatic carbocycles. The Morgan fingerprint density at radius 2 is 1.96 bits per heavy atom. The largest absolute Gasteiger partial charge is 0.322 e. The summed E-state index contributed by atoms with van der Waals surface area (Å²) in [6.07, 6.45) is 4.32. The zero-order valence-corrected chi connectivity index (χ0v) is 13.9. The number of nitrogens with one attached hydrogen (secondary N) is 1. The van der Waals surface area contributed by atoms with E-state index in [2.05, 4.69) is 5.32 Å². The van der Waals surface area contributed by atoms with Crippen LogP contribution >= 0.6 is 0 Å². The van der Waals surface area contributed by atoms with Crippen molar-refractivity contribution in [3.63, 3.8) is 0 Å². The molecule has 26 heavy (non-hydrogen) atoms. The lowest BCUT2D eigenvalue weighted by molar-refractivity contribution is -0.384.